The number of nitrogens with zero attached hydrogens (tertiary/aromatic N) is 4. The molecule has 0 aliphatic rings. The number of rotatable bonds is 5. The van der Waals surface area contributed by atoms with Gasteiger partial charge in [0.15, 0.2) is 18.0 Å². The summed E-state index contributed by atoms with van der Waals surface area (Å²) in [5.74, 6) is -1.40. The predicted octanol–water partition coefficient (Wildman–Crippen LogP) is 6.44. The van der Waals surface area contributed by atoms with Crippen molar-refractivity contribution in [2.45, 2.75) is 18.5 Å². The van der Waals surface area contributed by atoms with Gasteiger partial charge in [-0.2, -0.15) is 40.2 Å². The Labute approximate surface area is 189 Å². The quantitative estimate of drug-likeness (QED) is 0.293. The largest absolute Gasteiger partial charge is 0.433 e. The smallest absolute Gasteiger partial charge is 0.430 e. The number of hydrogen-bond donors (Lipinski definition) is 0. The summed E-state index contributed by atoms with van der Waals surface area (Å²) in [5.41, 5.74) is -3.91. The Morgan fingerprint density at radius 3 is 2.11 bits per heavy atom. The second-order valence-electron chi connectivity index (χ2n) is 7.14. The molecule has 0 atom stereocenters. The Kier molecular flexibility index (Phi) is 5.85. The molecule has 0 spiro atoms. The fourth-order valence-corrected chi connectivity index (χ4v) is 3.24. The van der Waals surface area contributed by atoms with E-state index in [0.29, 0.717) is 28.3 Å². The highest BCUT2D eigenvalue weighted by atomic mass is 19.4. The molecular formula is C21H11F9N4O. The fourth-order valence-electron chi connectivity index (χ4n) is 3.24. The first kappa shape index (κ1) is 24.3. The van der Waals surface area contributed by atoms with Crippen LogP contribution in [0.15, 0.2) is 55.0 Å². The maximum atomic E-state index is 13.8. The van der Waals surface area contributed by atoms with Crippen LogP contribution in [0.3, 0.4) is 0 Å². The normalized spacial score (nSPS) is 12.8. The molecule has 3 heterocycles. The molecule has 0 N–H and O–H groups in total. The van der Waals surface area contributed by atoms with E-state index in [4.69, 9.17) is 0 Å². The Balaban J connectivity index is 1.94. The van der Waals surface area contributed by atoms with Gasteiger partial charge in [-0.15, -0.1) is 0 Å². The maximum Gasteiger partial charge on any atom is 0.433 e. The fraction of sp³-hybridized carbons (Fsp3) is 0.190. The first-order valence-corrected chi connectivity index (χ1v) is 9.51. The molecule has 0 radical (unpaired) electrons. The molecule has 0 saturated heterocycles. The van der Waals surface area contributed by atoms with Gasteiger partial charge in [0.1, 0.15) is 5.75 Å². The van der Waals surface area contributed by atoms with Crippen LogP contribution in [0.5, 0.6) is 5.75 Å². The number of halogens is 9. The number of ether oxygens (including phenoxy) is 1. The molecule has 0 saturated carbocycles. The number of hydrogen-bond acceptors (Lipinski definition) is 4. The Hall–Kier alpha value is -3.84. The minimum atomic E-state index is -5.26. The summed E-state index contributed by atoms with van der Waals surface area (Å²) in [5, 5.41) is 3.71. The number of aromatic nitrogens is 4. The van der Waals surface area contributed by atoms with Gasteiger partial charge in [0.25, 0.3) is 0 Å². The van der Waals surface area contributed by atoms with Crippen molar-refractivity contribution in [3.8, 4) is 28.1 Å². The zero-order valence-electron chi connectivity index (χ0n) is 17.0. The molecule has 35 heavy (non-hydrogen) atoms. The van der Waals surface area contributed by atoms with E-state index in [1.165, 1.54) is 24.5 Å². The van der Waals surface area contributed by atoms with Crippen molar-refractivity contribution in [2.75, 3.05) is 6.67 Å². The van der Waals surface area contributed by atoms with Crippen molar-refractivity contribution in [3.05, 3.63) is 66.2 Å². The van der Waals surface area contributed by atoms with Gasteiger partial charge in [-0.25, -0.2) is 13.9 Å². The highest BCUT2D eigenvalue weighted by Gasteiger charge is 2.40. The first-order chi connectivity index (χ1) is 16.3. The zero-order valence-corrected chi connectivity index (χ0v) is 17.0. The lowest BCUT2D eigenvalue weighted by atomic mass is 10.0. The van der Waals surface area contributed by atoms with Crippen LogP contribution in [0, 0.1) is 0 Å². The molecule has 0 amide bonds. The minimum absolute atomic E-state index is 0.137. The van der Waals surface area contributed by atoms with Crippen LogP contribution in [0.4, 0.5) is 39.5 Å². The van der Waals surface area contributed by atoms with Gasteiger partial charge in [-0.1, -0.05) is 0 Å². The van der Waals surface area contributed by atoms with E-state index in [1.54, 1.807) is 0 Å². The van der Waals surface area contributed by atoms with Crippen LogP contribution in [0.1, 0.15) is 11.3 Å². The Bertz CT molecular complexity index is 1370. The average Bonchev–Trinajstić information content (AvgIpc) is 3.21. The first-order valence-electron chi connectivity index (χ1n) is 9.51. The van der Waals surface area contributed by atoms with Crippen LogP contribution in [-0.4, -0.2) is 32.4 Å². The van der Waals surface area contributed by atoms with Crippen molar-refractivity contribution < 1.29 is 44.3 Å². The number of benzene rings is 1. The molecule has 4 rings (SSSR count). The van der Waals surface area contributed by atoms with E-state index in [-0.39, 0.29) is 11.2 Å². The molecule has 0 unspecified atom stereocenters. The summed E-state index contributed by atoms with van der Waals surface area (Å²) in [6, 6.07) is 4.98. The lowest BCUT2D eigenvalue weighted by Crippen LogP contribution is -2.28. The minimum Gasteiger partial charge on any atom is -0.430 e. The molecule has 14 heteroatoms. The van der Waals surface area contributed by atoms with Crippen LogP contribution in [0.2, 0.25) is 0 Å². The van der Waals surface area contributed by atoms with Gasteiger partial charge in [0.05, 0.1) is 17.5 Å². The topological polar surface area (TPSA) is 52.3 Å². The maximum absolute atomic E-state index is 13.8. The Morgan fingerprint density at radius 2 is 1.51 bits per heavy atom. The van der Waals surface area contributed by atoms with Crippen molar-refractivity contribution in [3.63, 3.8) is 0 Å². The van der Waals surface area contributed by atoms with Gasteiger partial charge in [-0.3, -0.25) is 4.98 Å². The van der Waals surface area contributed by atoms with E-state index in [0.717, 1.165) is 12.3 Å². The molecule has 0 bridgehead atoms. The molecule has 1 aromatic carbocycles. The number of fused-ring (bicyclic) bond motifs is 1. The van der Waals surface area contributed by atoms with E-state index < -0.39 is 53.4 Å². The van der Waals surface area contributed by atoms with Crippen LogP contribution in [-0.2, 0) is 12.4 Å². The summed E-state index contributed by atoms with van der Waals surface area (Å²) in [4.78, 5) is 7.87. The molecule has 0 aliphatic carbocycles. The lowest BCUT2D eigenvalue weighted by molar-refractivity contribution is -0.192. The standard InChI is InChI=1S/C21H11F9N4O/c22-10-19(23,24)35-16-2-1-12(7-14(16)20(25,26)27)15-8-17(21(28,29)30)34-18(33-15)13(9-32-34)11-3-5-31-6-4-11/h1-9H,10H2. The summed E-state index contributed by atoms with van der Waals surface area (Å²) in [6.07, 6.45) is -10.9. The van der Waals surface area contributed by atoms with Gasteiger partial charge in [-0.05, 0) is 42.0 Å². The molecule has 5 nitrogen and oxygen atoms in total. The van der Waals surface area contributed by atoms with Gasteiger partial charge >= 0.3 is 18.5 Å². The summed E-state index contributed by atoms with van der Waals surface area (Å²) in [6.45, 7) is -2.39. The summed E-state index contributed by atoms with van der Waals surface area (Å²) >= 11 is 0. The molecular weight excluding hydrogens is 495 g/mol. The zero-order chi connectivity index (χ0) is 25.6. The molecule has 0 aliphatic heterocycles. The van der Waals surface area contributed by atoms with Crippen molar-refractivity contribution in [1.29, 1.82) is 0 Å². The summed E-state index contributed by atoms with van der Waals surface area (Å²) < 4.78 is 125. The van der Waals surface area contributed by atoms with Crippen LogP contribution in [0.25, 0.3) is 28.0 Å². The SMILES string of the molecule is FCC(F)(F)Oc1ccc(-c2cc(C(F)(F)F)n3ncc(-c4ccncc4)c3n2)cc1C(F)(F)F. The molecule has 3 aromatic heterocycles. The monoisotopic (exact) mass is 506 g/mol. The summed E-state index contributed by atoms with van der Waals surface area (Å²) in [7, 11) is 0. The van der Waals surface area contributed by atoms with Crippen LogP contribution >= 0.6 is 0 Å². The Morgan fingerprint density at radius 1 is 0.829 bits per heavy atom. The van der Waals surface area contributed by atoms with Crippen molar-refractivity contribution in [2.24, 2.45) is 0 Å². The second-order valence-corrected chi connectivity index (χ2v) is 7.14. The molecule has 184 valence electrons. The van der Waals surface area contributed by atoms with Gasteiger partial charge in [0.2, 0.25) is 0 Å². The van der Waals surface area contributed by atoms with Gasteiger partial charge < -0.3 is 4.74 Å². The number of pyridine rings is 1. The average molecular weight is 506 g/mol. The second kappa shape index (κ2) is 8.43. The van der Waals surface area contributed by atoms with E-state index in [2.05, 4.69) is 19.8 Å². The molecule has 0 fully saturated rings. The highest BCUT2D eigenvalue weighted by molar-refractivity contribution is 5.79. The predicted molar refractivity (Wildman–Crippen MR) is 103 cm³/mol. The van der Waals surface area contributed by atoms with E-state index in [1.807, 2.05) is 0 Å². The third-order valence-corrected chi connectivity index (χ3v) is 4.75. The van der Waals surface area contributed by atoms with Crippen LogP contribution < -0.4 is 4.74 Å². The van der Waals surface area contributed by atoms with Crippen molar-refractivity contribution >= 4 is 5.65 Å². The van der Waals surface area contributed by atoms with Crippen molar-refractivity contribution in [1.82, 2.24) is 19.6 Å². The van der Waals surface area contributed by atoms with E-state index >= 15 is 0 Å². The lowest BCUT2D eigenvalue weighted by Gasteiger charge is -2.19. The number of alkyl halides is 9. The highest BCUT2D eigenvalue weighted by Crippen LogP contribution is 2.41. The van der Waals surface area contributed by atoms with E-state index in [9.17, 15) is 39.5 Å². The third kappa shape index (κ3) is 4.86. The third-order valence-electron chi connectivity index (χ3n) is 4.75. The van der Waals surface area contributed by atoms with Gasteiger partial charge in [0, 0.05) is 23.5 Å². The molecule has 4 aromatic rings.